The first-order chi connectivity index (χ1) is 6.04. The molecule has 0 aromatic carbocycles. The lowest BCUT2D eigenvalue weighted by atomic mass is 9.95. The Morgan fingerprint density at radius 3 is 2.38 bits per heavy atom. The normalized spacial score (nSPS) is 24.6. The summed E-state index contributed by atoms with van der Waals surface area (Å²) in [5, 5.41) is 0. The average molecular weight is 181 g/mol. The van der Waals surface area contributed by atoms with E-state index in [0.717, 1.165) is 0 Å². The van der Waals surface area contributed by atoms with Gasteiger partial charge in [-0.25, -0.2) is 0 Å². The van der Waals surface area contributed by atoms with Crippen molar-refractivity contribution in [1.29, 1.82) is 0 Å². The molecule has 0 aromatic heterocycles. The molecule has 1 nitrogen and oxygen atoms in total. The Labute approximate surface area is 82.8 Å². The zero-order valence-electron chi connectivity index (χ0n) is 9.51. The highest BCUT2D eigenvalue weighted by Gasteiger charge is 2.29. The Bertz CT molecular complexity index is 182. The Morgan fingerprint density at radius 1 is 1.31 bits per heavy atom. The van der Waals surface area contributed by atoms with Gasteiger partial charge >= 0.3 is 0 Å². The minimum Gasteiger partial charge on any atom is -0.294 e. The highest BCUT2D eigenvalue weighted by Crippen LogP contribution is 2.28. The molecule has 1 fully saturated rings. The maximum Gasteiger partial charge on any atom is 0.0310 e. The average Bonchev–Trinajstić information content (AvgIpc) is 2.50. The van der Waals surface area contributed by atoms with Crippen LogP contribution in [0.15, 0.2) is 12.2 Å². The van der Waals surface area contributed by atoms with E-state index in [1.807, 2.05) is 0 Å². The summed E-state index contributed by atoms with van der Waals surface area (Å²) >= 11 is 0. The van der Waals surface area contributed by atoms with E-state index >= 15 is 0 Å². The maximum atomic E-state index is 4.23. The second kappa shape index (κ2) is 4.28. The molecule has 0 saturated carbocycles. The smallest absolute Gasteiger partial charge is 0.0310 e. The highest BCUT2D eigenvalue weighted by atomic mass is 15.2. The molecule has 0 N–H and O–H groups in total. The molecule has 76 valence electrons. The summed E-state index contributed by atoms with van der Waals surface area (Å²) in [4.78, 5) is 2.59. The molecule has 0 radical (unpaired) electrons. The number of nitrogens with zero attached hydrogens (tertiary/aromatic N) is 1. The predicted octanol–water partition coefficient (Wildman–Crippen LogP) is 3.07. The van der Waals surface area contributed by atoms with Gasteiger partial charge in [0.25, 0.3) is 0 Å². The third-order valence-electron chi connectivity index (χ3n) is 3.13. The van der Waals surface area contributed by atoms with Crippen LogP contribution in [0.5, 0.6) is 0 Å². The second-order valence-corrected chi connectivity index (χ2v) is 4.72. The standard InChI is InChI=1S/C12H23N/c1-9(2)11(5)12-7-6-8-13(12)10(3)4/h9-10,12H,5-8H2,1-4H3. The van der Waals surface area contributed by atoms with Crippen LogP contribution < -0.4 is 0 Å². The van der Waals surface area contributed by atoms with E-state index in [0.29, 0.717) is 18.0 Å². The van der Waals surface area contributed by atoms with Crippen LogP contribution in [0.2, 0.25) is 0 Å². The molecule has 0 spiro atoms. The van der Waals surface area contributed by atoms with E-state index in [2.05, 4.69) is 39.2 Å². The summed E-state index contributed by atoms with van der Waals surface area (Å²) in [6.07, 6.45) is 2.66. The Balaban J connectivity index is 2.63. The first kappa shape index (κ1) is 10.8. The fourth-order valence-electron chi connectivity index (χ4n) is 2.19. The van der Waals surface area contributed by atoms with Crippen molar-refractivity contribution >= 4 is 0 Å². The van der Waals surface area contributed by atoms with Gasteiger partial charge in [0.1, 0.15) is 0 Å². The molecule has 0 aromatic rings. The van der Waals surface area contributed by atoms with Crippen molar-refractivity contribution in [1.82, 2.24) is 4.90 Å². The van der Waals surface area contributed by atoms with Gasteiger partial charge in [-0.05, 0) is 39.2 Å². The lowest BCUT2D eigenvalue weighted by Crippen LogP contribution is -2.37. The molecule has 1 saturated heterocycles. The van der Waals surface area contributed by atoms with Crippen molar-refractivity contribution in [3.05, 3.63) is 12.2 Å². The largest absolute Gasteiger partial charge is 0.294 e. The minimum atomic E-state index is 0.629. The van der Waals surface area contributed by atoms with E-state index in [-0.39, 0.29) is 0 Å². The molecule has 1 aliphatic heterocycles. The van der Waals surface area contributed by atoms with Gasteiger partial charge in [-0.15, -0.1) is 0 Å². The van der Waals surface area contributed by atoms with E-state index < -0.39 is 0 Å². The van der Waals surface area contributed by atoms with Crippen molar-refractivity contribution in [3.63, 3.8) is 0 Å². The fourth-order valence-corrected chi connectivity index (χ4v) is 2.19. The summed E-state index contributed by atoms with van der Waals surface area (Å²) in [5.74, 6) is 0.629. The van der Waals surface area contributed by atoms with Crippen molar-refractivity contribution in [2.75, 3.05) is 6.54 Å². The molecule has 1 atom stereocenters. The first-order valence-corrected chi connectivity index (χ1v) is 5.48. The molecule has 0 amide bonds. The summed E-state index contributed by atoms with van der Waals surface area (Å²) < 4.78 is 0. The van der Waals surface area contributed by atoms with Crippen molar-refractivity contribution in [2.45, 2.75) is 52.6 Å². The summed E-state index contributed by atoms with van der Waals surface area (Å²) in [5.41, 5.74) is 1.42. The van der Waals surface area contributed by atoms with Crippen LogP contribution in [0.4, 0.5) is 0 Å². The van der Waals surface area contributed by atoms with Gasteiger partial charge in [0, 0.05) is 12.1 Å². The van der Waals surface area contributed by atoms with E-state index in [1.54, 1.807) is 0 Å². The molecule has 1 heteroatoms. The molecule has 0 aliphatic carbocycles. The van der Waals surface area contributed by atoms with E-state index in [9.17, 15) is 0 Å². The molecule has 1 aliphatic rings. The van der Waals surface area contributed by atoms with Crippen LogP contribution in [-0.4, -0.2) is 23.5 Å². The molecule has 0 bridgehead atoms. The quantitative estimate of drug-likeness (QED) is 0.605. The number of hydrogen-bond donors (Lipinski definition) is 0. The van der Waals surface area contributed by atoms with Gasteiger partial charge in [-0.3, -0.25) is 4.90 Å². The fraction of sp³-hybridized carbons (Fsp3) is 0.833. The van der Waals surface area contributed by atoms with Crippen LogP contribution in [-0.2, 0) is 0 Å². The summed E-state index contributed by atoms with van der Waals surface area (Å²) in [6.45, 7) is 14.6. The SMILES string of the molecule is C=C(C(C)C)C1CCCN1C(C)C. The first-order valence-electron chi connectivity index (χ1n) is 5.48. The van der Waals surface area contributed by atoms with Crippen LogP contribution in [0.1, 0.15) is 40.5 Å². The molecule has 1 unspecified atom stereocenters. The van der Waals surface area contributed by atoms with E-state index in [4.69, 9.17) is 0 Å². The van der Waals surface area contributed by atoms with Crippen LogP contribution in [0.3, 0.4) is 0 Å². The molecular weight excluding hydrogens is 158 g/mol. The van der Waals surface area contributed by atoms with E-state index in [1.165, 1.54) is 25.0 Å². The second-order valence-electron chi connectivity index (χ2n) is 4.72. The Morgan fingerprint density at radius 2 is 1.92 bits per heavy atom. The summed E-state index contributed by atoms with van der Waals surface area (Å²) in [6, 6.07) is 1.32. The maximum absolute atomic E-state index is 4.23. The highest BCUT2D eigenvalue weighted by molar-refractivity contribution is 5.11. The zero-order chi connectivity index (χ0) is 10.0. The summed E-state index contributed by atoms with van der Waals surface area (Å²) in [7, 11) is 0. The third-order valence-corrected chi connectivity index (χ3v) is 3.13. The molecule has 1 rings (SSSR count). The van der Waals surface area contributed by atoms with Crippen LogP contribution >= 0.6 is 0 Å². The van der Waals surface area contributed by atoms with Crippen LogP contribution in [0, 0.1) is 5.92 Å². The van der Waals surface area contributed by atoms with Gasteiger partial charge < -0.3 is 0 Å². The van der Waals surface area contributed by atoms with Gasteiger partial charge in [0.15, 0.2) is 0 Å². The molecular formula is C12H23N. The van der Waals surface area contributed by atoms with Gasteiger partial charge in [0.05, 0.1) is 0 Å². The van der Waals surface area contributed by atoms with Crippen molar-refractivity contribution < 1.29 is 0 Å². The zero-order valence-corrected chi connectivity index (χ0v) is 9.51. The lowest BCUT2D eigenvalue weighted by molar-refractivity contribution is 0.219. The molecule has 13 heavy (non-hydrogen) atoms. The minimum absolute atomic E-state index is 0.629. The topological polar surface area (TPSA) is 3.24 Å². The Hall–Kier alpha value is -0.300. The lowest BCUT2D eigenvalue weighted by Gasteiger charge is -2.31. The number of likely N-dealkylation sites (tertiary alicyclic amines) is 1. The van der Waals surface area contributed by atoms with Crippen LogP contribution in [0.25, 0.3) is 0 Å². The van der Waals surface area contributed by atoms with Crippen molar-refractivity contribution in [2.24, 2.45) is 5.92 Å². The number of hydrogen-bond acceptors (Lipinski definition) is 1. The molecule has 1 heterocycles. The van der Waals surface area contributed by atoms with Gasteiger partial charge in [0.2, 0.25) is 0 Å². The third kappa shape index (κ3) is 2.34. The predicted molar refractivity (Wildman–Crippen MR) is 58.8 cm³/mol. The monoisotopic (exact) mass is 181 g/mol. The Kier molecular flexibility index (Phi) is 3.55. The van der Waals surface area contributed by atoms with Gasteiger partial charge in [-0.2, -0.15) is 0 Å². The number of rotatable bonds is 3. The van der Waals surface area contributed by atoms with Gasteiger partial charge in [-0.1, -0.05) is 26.0 Å². The van der Waals surface area contributed by atoms with Crippen molar-refractivity contribution in [3.8, 4) is 0 Å².